The molecule has 0 aliphatic heterocycles. The van der Waals surface area contributed by atoms with E-state index in [0.717, 1.165) is 28.8 Å². The summed E-state index contributed by atoms with van der Waals surface area (Å²) in [6.45, 7) is 0. The van der Waals surface area contributed by atoms with Gasteiger partial charge in [0.15, 0.2) is 0 Å². The van der Waals surface area contributed by atoms with Crippen molar-refractivity contribution in [2.75, 3.05) is 0 Å². The van der Waals surface area contributed by atoms with E-state index >= 15 is 0 Å². The van der Waals surface area contributed by atoms with E-state index in [1.165, 1.54) is 55.6 Å². The molecule has 1 heterocycles. The molecule has 0 bridgehead atoms. The topological polar surface area (TPSA) is 54.8 Å². The second-order valence-corrected chi connectivity index (χ2v) is 11.3. The summed E-state index contributed by atoms with van der Waals surface area (Å²) in [6, 6.07) is 47.8. The Bertz CT molecular complexity index is 2270. The first kappa shape index (κ1) is 32.5. The van der Waals surface area contributed by atoms with Crippen molar-refractivity contribution in [3.63, 3.8) is 0 Å². The second-order valence-electron chi connectivity index (χ2n) is 11.3. The number of para-hydroxylation sites is 1. The molecule has 7 rings (SSSR count). The number of nitrogens with zero attached hydrogens (tertiary/aromatic N) is 1. The molecular weight excluding hydrogens is 598 g/mol. The maximum Gasteiger partial charge on any atom is 1.00 e. The minimum Gasteiger partial charge on any atom is -0.705 e. The van der Waals surface area contributed by atoms with Crippen LogP contribution in [-0.4, -0.2) is 4.57 Å². The van der Waals surface area contributed by atoms with E-state index in [-0.39, 0.29) is 51.4 Å². The fraction of sp³-hybridized carbons (Fsp3) is 0.0233. The minimum absolute atomic E-state index is 0. The Morgan fingerprint density at radius 2 is 1.21 bits per heavy atom. The van der Waals surface area contributed by atoms with Gasteiger partial charge in [0.2, 0.25) is 0 Å². The number of aromatic nitrogens is 1. The molecular formula is C43H34KN3. The van der Waals surface area contributed by atoms with Crippen LogP contribution in [0.2, 0.25) is 0 Å². The van der Waals surface area contributed by atoms with Gasteiger partial charge in [-0.1, -0.05) is 140 Å². The quantitative estimate of drug-likeness (QED) is 0.133. The third-order valence-corrected chi connectivity index (χ3v) is 8.44. The molecule has 3 N–H and O–H groups in total. The molecule has 0 spiro atoms. The molecule has 1 aromatic heterocycles. The molecule has 0 fully saturated rings. The Hall–Kier alpha value is -4.42. The zero-order valence-electron chi connectivity index (χ0n) is 26.5. The van der Waals surface area contributed by atoms with Gasteiger partial charge in [-0.05, 0) is 70.0 Å². The normalized spacial score (nSPS) is 12.2. The maximum absolute atomic E-state index is 7.05. The zero-order valence-corrected chi connectivity index (χ0v) is 29.6. The van der Waals surface area contributed by atoms with Gasteiger partial charge in [-0.15, -0.1) is 0 Å². The standard InChI is InChI=1S/C43H34N3.K/c44-28-12-4-2-1-3-11-17-41(45)36-24-25-38-35(29-36)23-27-40-39-26-22-34(30-42(39)46(43(38)40)37-15-9-6-10-16-37)33-20-18-32(19-21-33)31-13-7-5-8-14-31;/h2-30,44H,1,45H2;/q-1;+1/b4-2+,11-3-,28-12-,41-17-;. The molecule has 0 unspecified atom stereocenters. The van der Waals surface area contributed by atoms with Gasteiger partial charge in [-0.2, -0.15) is 6.20 Å². The van der Waals surface area contributed by atoms with Crippen LogP contribution in [0.25, 0.3) is 72.0 Å². The van der Waals surface area contributed by atoms with Crippen LogP contribution < -0.4 is 57.1 Å². The molecule has 0 saturated heterocycles. The van der Waals surface area contributed by atoms with E-state index in [4.69, 9.17) is 11.5 Å². The van der Waals surface area contributed by atoms with Crippen molar-refractivity contribution in [3.05, 3.63) is 187 Å². The number of nitrogens with one attached hydrogen (secondary N) is 1. The number of hydrogen-bond donors (Lipinski definition) is 1. The molecule has 0 aliphatic carbocycles. The summed E-state index contributed by atoms with van der Waals surface area (Å²) < 4.78 is 2.40. The molecule has 0 saturated carbocycles. The summed E-state index contributed by atoms with van der Waals surface area (Å²) in [5.41, 5.74) is 23.6. The Labute approximate surface area is 318 Å². The fourth-order valence-corrected chi connectivity index (χ4v) is 6.16. The predicted octanol–water partition coefficient (Wildman–Crippen LogP) is 8.64. The third-order valence-electron chi connectivity index (χ3n) is 8.44. The SMILES string of the molecule is [K+].[NH-]/C=C\C=C\C/C=C\C=C(/N)c1ccc2c(ccc3c4ccc(-c5ccc(-c6ccccc6)cc5)cc4n(-c4ccccc4)c23)c1. The maximum atomic E-state index is 7.05. The van der Waals surface area contributed by atoms with Crippen molar-refractivity contribution in [3.8, 4) is 27.9 Å². The largest absolute Gasteiger partial charge is 1.00 e. The van der Waals surface area contributed by atoms with Crippen LogP contribution in [0.1, 0.15) is 12.0 Å². The molecule has 6 aromatic carbocycles. The first-order chi connectivity index (χ1) is 22.7. The second kappa shape index (κ2) is 15.0. The van der Waals surface area contributed by atoms with Crippen molar-refractivity contribution in [2.24, 2.45) is 5.73 Å². The van der Waals surface area contributed by atoms with Gasteiger partial charge in [0, 0.05) is 27.5 Å². The van der Waals surface area contributed by atoms with Gasteiger partial charge in [0.05, 0.1) is 11.0 Å². The van der Waals surface area contributed by atoms with Crippen molar-refractivity contribution < 1.29 is 51.4 Å². The van der Waals surface area contributed by atoms with Crippen LogP contribution in [0, 0.1) is 0 Å². The Kier molecular flexibility index (Phi) is 10.4. The summed E-state index contributed by atoms with van der Waals surface area (Å²) >= 11 is 0. The van der Waals surface area contributed by atoms with Gasteiger partial charge in [0.25, 0.3) is 0 Å². The molecule has 0 atom stereocenters. The minimum atomic E-state index is 0. The molecule has 47 heavy (non-hydrogen) atoms. The molecule has 4 heteroatoms. The monoisotopic (exact) mass is 631 g/mol. The Balaban J connectivity index is 0.00000386. The molecule has 0 amide bonds. The summed E-state index contributed by atoms with van der Waals surface area (Å²) in [4.78, 5) is 0. The van der Waals surface area contributed by atoms with Crippen molar-refractivity contribution in [2.45, 2.75) is 6.42 Å². The van der Waals surface area contributed by atoms with Crippen LogP contribution in [0.4, 0.5) is 0 Å². The Morgan fingerprint density at radius 3 is 1.96 bits per heavy atom. The van der Waals surface area contributed by atoms with Gasteiger partial charge < -0.3 is 16.0 Å². The first-order valence-corrected chi connectivity index (χ1v) is 15.5. The smallest absolute Gasteiger partial charge is 0.705 e. The number of fused-ring (bicyclic) bond motifs is 5. The van der Waals surface area contributed by atoms with Crippen molar-refractivity contribution in [1.29, 1.82) is 0 Å². The number of hydrogen-bond acceptors (Lipinski definition) is 1. The summed E-state index contributed by atoms with van der Waals surface area (Å²) in [7, 11) is 0. The predicted molar refractivity (Wildman–Crippen MR) is 198 cm³/mol. The van der Waals surface area contributed by atoms with Gasteiger partial charge >= 0.3 is 51.4 Å². The van der Waals surface area contributed by atoms with Crippen molar-refractivity contribution in [1.82, 2.24) is 4.57 Å². The summed E-state index contributed by atoms with van der Waals surface area (Å²) in [5, 5.41) is 4.79. The summed E-state index contributed by atoms with van der Waals surface area (Å²) in [5.74, 6) is 0. The van der Waals surface area contributed by atoms with E-state index in [1.807, 2.05) is 24.3 Å². The van der Waals surface area contributed by atoms with Crippen LogP contribution in [0.15, 0.2) is 176 Å². The zero-order chi connectivity index (χ0) is 31.3. The summed E-state index contributed by atoms with van der Waals surface area (Å²) in [6.07, 6.45) is 13.6. The average molecular weight is 632 g/mol. The average Bonchev–Trinajstić information content (AvgIpc) is 3.46. The van der Waals surface area contributed by atoms with Crippen LogP contribution in [-0.2, 0) is 0 Å². The molecule has 0 aliphatic rings. The van der Waals surface area contributed by atoms with Crippen LogP contribution in [0.5, 0.6) is 0 Å². The van der Waals surface area contributed by atoms with Gasteiger partial charge in [-0.25, -0.2) is 0 Å². The first-order valence-electron chi connectivity index (χ1n) is 15.5. The van der Waals surface area contributed by atoms with E-state index < -0.39 is 0 Å². The van der Waals surface area contributed by atoms with Gasteiger partial charge in [0.1, 0.15) is 0 Å². The molecule has 3 nitrogen and oxygen atoms in total. The van der Waals surface area contributed by atoms with Gasteiger partial charge in [-0.3, -0.25) is 0 Å². The number of rotatable bonds is 8. The number of benzene rings is 6. The Morgan fingerprint density at radius 1 is 0.596 bits per heavy atom. The van der Waals surface area contributed by atoms with Crippen LogP contribution >= 0.6 is 0 Å². The molecule has 7 aromatic rings. The number of allylic oxidation sites excluding steroid dienone is 6. The van der Waals surface area contributed by atoms with E-state index in [0.29, 0.717) is 0 Å². The number of nitrogens with two attached hydrogens (primary N) is 1. The van der Waals surface area contributed by atoms with E-state index in [9.17, 15) is 0 Å². The fourth-order valence-electron chi connectivity index (χ4n) is 6.16. The van der Waals surface area contributed by atoms with Crippen LogP contribution in [0.3, 0.4) is 0 Å². The molecule has 0 radical (unpaired) electrons. The van der Waals surface area contributed by atoms with Crippen molar-refractivity contribution >= 4 is 38.3 Å². The molecule has 222 valence electrons. The van der Waals surface area contributed by atoms with E-state index in [2.05, 4.69) is 144 Å². The van der Waals surface area contributed by atoms with E-state index in [1.54, 1.807) is 6.08 Å². The third kappa shape index (κ3) is 6.84.